The maximum Gasteiger partial charge on any atom is 0.109 e. The summed E-state index contributed by atoms with van der Waals surface area (Å²) in [5.41, 5.74) is 2.24. The van der Waals surface area contributed by atoms with E-state index in [2.05, 4.69) is 32.3 Å². The molecule has 1 N–H and O–H groups in total. The van der Waals surface area contributed by atoms with Crippen molar-refractivity contribution in [1.29, 1.82) is 0 Å². The van der Waals surface area contributed by atoms with Crippen molar-refractivity contribution in [2.75, 3.05) is 25.1 Å². The van der Waals surface area contributed by atoms with Crippen LogP contribution in [0.25, 0.3) is 0 Å². The van der Waals surface area contributed by atoms with Gasteiger partial charge in [0.2, 0.25) is 0 Å². The van der Waals surface area contributed by atoms with Crippen LogP contribution in [0.3, 0.4) is 0 Å². The van der Waals surface area contributed by atoms with Crippen LogP contribution < -0.4 is 5.32 Å². The molecule has 1 saturated heterocycles. The molecule has 1 aliphatic rings. The molecule has 1 aromatic rings. The van der Waals surface area contributed by atoms with E-state index in [1.165, 1.54) is 0 Å². The lowest BCUT2D eigenvalue weighted by Crippen LogP contribution is -2.14. The van der Waals surface area contributed by atoms with Gasteiger partial charge >= 0.3 is 0 Å². The van der Waals surface area contributed by atoms with Crippen LogP contribution in [0.2, 0.25) is 0 Å². The van der Waals surface area contributed by atoms with Crippen molar-refractivity contribution < 1.29 is 4.74 Å². The van der Waals surface area contributed by atoms with Gasteiger partial charge < -0.3 is 10.1 Å². The minimum atomic E-state index is 0.647. The first-order valence-electron chi connectivity index (χ1n) is 5.19. The molecule has 0 aromatic carbocycles. The molecule has 1 aliphatic heterocycles. The molecule has 1 fully saturated rings. The molecule has 2 rings (SSSR count). The summed E-state index contributed by atoms with van der Waals surface area (Å²) < 4.78 is 6.24. The molecule has 3 nitrogen and oxygen atoms in total. The lowest BCUT2D eigenvalue weighted by Gasteiger charge is -2.11. The Morgan fingerprint density at radius 3 is 3.20 bits per heavy atom. The Kier molecular flexibility index (Phi) is 3.59. The molecule has 2 heterocycles. The molecule has 0 saturated carbocycles. The highest BCUT2D eigenvalue weighted by Crippen LogP contribution is 2.18. The second kappa shape index (κ2) is 4.94. The fourth-order valence-corrected chi connectivity index (χ4v) is 1.88. The van der Waals surface area contributed by atoms with E-state index in [9.17, 15) is 0 Å². The number of nitrogens with one attached hydrogen (secondary N) is 1. The average Bonchev–Trinajstić information content (AvgIpc) is 2.73. The van der Waals surface area contributed by atoms with Gasteiger partial charge in [-0.05, 0) is 40.9 Å². The number of aryl methyl sites for hydroxylation is 1. The Hall–Kier alpha value is -0.610. The normalized spacial score (nSPS) is 20.5. The number of anilines is 1. The van der Waals surface area contributed by atoms with Crippen LogP contribution in [-0.2, 0) is 4.74 Å². The summed E-state index contributed by atoms with van der Waals surface area (Å²) in [5.74, 6) is 0.647. The van der Waals surface area contributed by atoms with Gasteiger partial charge in [0, 0.05) is 19.1 Å². The maximum absolute atomic E-state index is 5.33. The van der Waals surface area contributed by atoms with E-state index < -0.39 is 0 Å². The third-order valence-electron chi connectivity index (χ3n) is 2.63. The minimum Gasteiger partial charge on any atom is -0.383 e. The Labute approximate surface area is 98.4 Å². The molecule has 1 atom stereocenters. The average molecular weight is 271 g/mol. The van der Waals surface area contributed by atoms with E-state index in [-0.39, 0.29) is 0 Å². The van der Waals surface area contributed by atoms with E-state index in [1.807, 2.05) is 13.1 Å². The van der Waals surface area contributed by atoms with Crippen LogP contribution in [0, 0.1) is 12.8 Å². The summed E-state index contributed by atoms with van der Waals surface area (Å²) in [4.78, 5) is 4.25. The van der Waals surface area contributed by atoms with Crippen LogP contribution in [0.15, 0.2) is 16.9 Å². The molecule has 1 unspecified atom stereocenters. The summed E-state index contributed by atoms with van der Waals surface area (Å²) in [6, 6.07) is 2.10. The SMILES string of the molecule is Cc1cc(NCC2CCOC2)cnc1Br. The van der Waals surface area contributed by atoms with Gasteiger partial charge in [0.15, 0.2) is 0 Å². The molecule has 1 aromatic heterocycles. The van der Waals surface area contributed by atoms with E-state index in [0.717, 1.165) is 42.0 Å². The van der Waals surface area contributed by atoms with Crippen molar-refractivity contribution in [3.8, 4) is 0 Å². The topological polar surface area (TPSA) is 34.1 Å². The highest BCUT2D eigenvalue weighted by molar-refractivity contribution is 9.10. The van der Waals surface area contributed by atoms with Crippen molar-refractivity contribution >= 4 is 21.6 Å². The van der Waals surface area contributed by atoms with Gasteiger partial charge in [0.1, 0.15) is 4.60 Å². The maximum atomic E-state index is 5.33. The van der Waals surface area contributed by atoms with Gasteiger partial charge in [-0.1, -0.05) is 0 Å². The van der Waals surface area contributed by atoms with Crippen molar-refractivity contribution in [3.05, 3.63) is 22.4 Å². The molecular weight excluding hydrogens is 256 g/mol. The van der Waals surface area contributed by atoms with Crippen LogP contribution >= 0.6 is 15.9 Å². The molecule has 0 spiro atoms. The monoisotopic (exact) mass is 270 g/mol. The summed E-state index contributed by atoms with van der Waals surface area (Å²) >= 11 is 3.39. The second-order valence-electron chi connectivity index (χ2n) is 3.94. The standard InChI is InChI=1S/C11H15BrN2O/c1-8-4-10(6-14-11(8)12)13-5-9-2-3-15-7-9/h4,6,9,13H,2-3,5,7H2,1H3. The predicted octanol–water partition coefficient (Wildman–Crippen LogP) is 2.60. The largest absolute Gasteiger partial charge is 0.383 e. The lowest BCUT2D eigenvalue weighted by atomic mass is 10.1. The summed E-state index contributed by atoms with van der Waals surface area (Å²) in [6.07, 6.45) is 3.02. The van der Waals surface area contributed by atoms with Crippen LogP contribution in [0.1, 0.15) is 12.0 Å². The number of halogens is 1. The first-order valence-corrected chi connectivity index (χ1v) is 5.99. The smallest absolute Gasteiger partial charge is 0.109 e. The molecule has 15 heavy (non-hydrogen) atoms. The van der Waals surface area contributed by atoms with Crippen LogP contribution in [0.5, 0.6) is 0 Å². The van der Waals surface area contributed by atoms with Crippen molar-refractivity contribution in [2.24, 2.45) is 5.92 Å². The number of hydrogen-bond donors (Lipinski definition) is 1. The Morgan fingerprint density at radius 1 is 1.67 bits per heavy atom. The van der Waals surface area contributed by atoms with E-state index >= 15 is 0 Å². The molecule has 0 aliphatic carbocycles. The number of nitrogens with zero attached hydrogens (tertiary/aromatic N) is 1. The first kappa shape index (κ1) is 10.9. The fraction of sp³-hybridized carbons (Fsp3) is 0.545. The fourth-order valence-electron chi connectivity index (χ4n) is 1.66. The molecule has 82 valence electrons. The van der Waals surface area contributed by atoms with Crippen molar-refractivity contribution in [3.63, 3.8) is 0 Å². The summed E-state index contributed by atoms with van der Waals surface area (Å²) in [7, 11) is 0. The first-order chi connectivity index (χ1) is 7.25. The van der Waals surface area contributed by atoms with Crippen molar-refractivity contribution in [2.45, 2.75) is 13.3 Å². The van der Waals surface area contributed by atoms with Gasteiger partial charge in [-0.2, -0.15) is 0 Å². The highest BCUT2D eigenvalue weighted by Gasteiger charge is 2.14. The van der Waals surface area contributed by atoms with Crippen LogP contribution in [0.4, 0.5) is 5.69 Å². The van der Waals surface area contributed by atoms with E-state index in [0.29, 0.717) is 5.92 Å². The number of pyridine rings is 1. The molecule has 0 radical (unpaired) electrons. The molecule has 0 amide bonds. The lowest BCUT2D eigenvalue weighted by molar-refractivity contribution is 0.187. The molecule has 4 heteroatoms. The number of hydrogen-bond acceptors (Lipinski definition) is 3. The zero-order valence-corrected chi connectivity index (χ0v) is 10.4. The van der Waals surface area contributed by atoms with E-state index in [4.69, 9.17) is 4.74 Å². The highest BCUT2D eigenvalue weighted by atomic mass is 79.9. The van der Waals surface area contributed by atoms with Gasteiger partial charge in [-0.3, -0.25) is 0 Å². The molecular formula is C11H15BrN2O. The predicted molar refractivity (Wildman–Crippen MR) is 64.1 cm³/mol. The van der Waals surface area contributed by atoms with Gasteiger partial charge in [0.05, 0.1) is 18.5 Å². The summed E-state index contributed by atoms with van der Waals surface area (Å²) in [5, 5.41) is 3.39. The number of rotatable bonds is 3. The van der Waals surface area contributed by atoms with Gasteiger partial charge in [-0.15, -0.1) is 0 Å². The van der Waals surface area contributed by atoms with Gasteiger partial charge in [0.25, 0.3) is 0 Å². The van der Waals surface area contributed by atoms with Crippen molar-refractivity contribution in [1.82, 2.24) is 4.98 Å². The number of aromatic nitrogens is 1. The second-order valence-corrected chi connectivity index (χ2v) is 4.69. The Bertz CT molecular complexity index is 337. The molecule has 0 bridgehead atoms. The Morgan fingerprint density at radius 2 is 2.53 bits per heavy atom. The van der Waals surface area contributed by atoms with Gasteiger partial charge in [-0.25, -0.2) is 4.98 Å². The summed E-state index contributed by atoms with van der Waals surface area (Å²) in [6.45, 7) is 4.81. The van der Waals surface area contributed by atoms with E-state index in [1.54, 1.807) is 0 Å². The third kappa shape index (κ3) is 2.92. The zero-order valence-electron chi connectivity index (χ0n) is 8.79. The Balaban J connectivity index is 1.90. The third-order valence-corrected chi connectivity index (χ3v) is 3.46. The zero-order chi connectivity index (χ0) is 10.7. The number of ether oxygens (including phenoxy) is 1. The quantitative estimate of drug-likeness (QED) is 0.858. The minimum absolute atomic E-state index is 0.647. The van der Waals surface area contributed by atoms with Crippen LogP contribution in [-0.4, -0.2) is 24.7 Å².